The summed E-state index contributed by atoms with van der Waals surface area (Å²) in [5.74, 6) is 0.310. The first-order valence-corrected chi connectivity index (χ1v) is 12.3. The molecule has 0 saturated heterocycles. The summed E-state index contributed by atoms with van der Waals surface area (Å²) in [5, 5.41) is 17.2. The number of pyridine rings is 1. The van der Waals surface area contributed by atoms with Crippen LogP contribution in [0.5, 0.6) is 11.5 Å². The first kappa shape index (κ1) is 25.0. The predicted octanol–water partition coefficient (Wildman–Crippen LogP) is 3.47. The van der Waals surface area contributed by atoms with Gasteiger partial charge in [-0.25, -0.2) is 4.52 Å². The van der Waals surface area contributed by atoms with Crippen LogP contribution in [0.2, 0.25) is 0 Å². The summed E-state index contributed by atoms with van der Waals surface area (Å²) in [6.45, 7) is 3.48. The van der Waals surface area contributed by atoms with E-state index in [1.54, 1.807) is 54.9 Å². The highest BCUT2D eigenvalue weighted by molar-refractivity contribution is 9.10. The lowest BCUT2D eigenvalue weighted by atomic mass is 9.92. The maximum absolute atomic E-state index is 12.9. The molecular weight excluding hydrogens is 516 g/mol. The molecule has 0 aliphatic heterocycles. The quantitative estimate of drug-likeness (QED) is 0.398. The average molecular weight is 545 g/mol. The Morgan fingerprint density at radius 2 is 1.94 bits per heavy atom. The second kappa shape index (κ2) is 10.2. The van der Waals surface area contributed by atoms with Crippen molar-refractivity contribution < 1.29 is 24.2 Å². The SMILES string of the molecule is CC(C)(O)COc1ccc2c(C(=O)NC3CCC(Oc4cc(Br)ccc4C(N)=O)CC3)cnn2c1. The van der Waals surface area contributed by atoms with Crippen molar-refractivity contribution in [2.75, 3.05) is 6.61 Å². The standard InChI is InChI=1S/C25H29BrN4O5/c1-25(2,33)14-34-18-8-10-21-20(12-28-30(21)13-18)24(32)29-16-4-6-17(7-5-16)35-22-11-15(26)3-9-19(22)23(27)31/h3,8-13,16-17,33H,4-7,14H2,1-2H3,(H2,27,31)(H,29,32). The number of carbonyl (C=O) groups excluding carboxylic acids is 2. The van der Waals surface area contributed by atoms with Crippen molar-refractivity contribution in [3.8, 4) is 11.5 Å². The molecule has 1 saturated carbocycles. The number of nitrogens with two attached hydrogens (primary N) is 1. The number of nitrogens with one attached hydrogen (secondary N) is 1. The van der Waals surface area contributed by atoms with Crippen LogP contribution in [0.1, 0.15) is 60.2 Å². The number of primary amides is 1. The molecule has 4 N–H and O–H groups in total. The van der Waals surface area contributed by atoms with Gasteiger partial charge in [-0.2, -0.15) is 5.10 Å². The van der Waals surface area contributed by atoms with Gasteiger partial charge in [0, 0.05) is 10.5 Å². The van der Waals surface area contributed by atoms with Gasteiger partial charge in [-0.15, -0.1) is 0 Å². The van der Waals surface area contributed by atoms with Crippen LogP contribution in [0, 0.1) is 0 Å². The van der Waals surface area contributed by atoms with Gasteiger partial charge in [0.2, 0.25) is 0 Å². The van der Waals surface area contributed by atoms with Crippen LogP contribution in [0.15, 0.2) is 47.2 Å². The topological polar surface area (TPSA) is 128 Å². The third kappa shape index (κ3) is 6.32. The number of benzene rings is 1. The third-order valence-electron chi connectivity index (χ3n) is 5.84. The highest BCUT2D eigenvalue weighted by Crippen LogP contribution is 2.29. The molecule has 4 rings (SSSR count). The molecular formula is C25H29BrN4O5. The van der Waals surface area contributed by atoms with E-state index in [1.807, 2.05) is 0 Å². The van der Waals surface area contributed by atoms with Crippen LogP contribution in [0.3, 0.4) is 0 Å². The molecule has 35 heavy (non-hydrogen) atoms. The van der Waals surface area contributed by atoms with Gasteiger partial charge in [-0.1, -0.05) is 15.9 Å². The average Bonchev–Trinajstić information content (AvgIpc) is 3.22. The second-order valence-electron chi connectivity index (χ2n) is 9.42. The number of aliphatic hydroxyl groups is 1. The van der Waals surface area contributed by atoms with Crippen LogP contribution in [-0.2, 0) is 0 Å². The molecule has 2 amide bonds. The number of nitrogens with zero attached hydrogens (tertiary/aromatic N) is 2. The van der Waals surface area contributed by atoms with Crippen LogP contribution >= 0.6 is 15.9 Å². The first-order chi connectivity index (χ1) is 16.6. The molecule has 2 aromatic heterocycles. The molecule has 0 atom stereocenters. The van der Waals surface area contributed by atoms with Gasteiger partial charge in [0.05, 0.1) is 40.7 Å². The Morgan fingerprint density at radius 3 is 2.63 bits per heavy atom. The summed E-state index contributed by atoms with van der Waals surface area (Å²) in [6.07, 6.45) is 6.16. The van der Waals surface area contributed by atoms with Crippen LogP contribution in [0.4, 0.5) is 0 Å². The van der Waals surface area contributed by atoms with E-state index in [9.17, 15) is 14.7 Å². The molecule has 186 valence electrons. The number of rotatable bonds is 8. The van der Waals surface area contributed by atoms with Gasteiger partial charge >= 0.3 is 0 Å². The van der Waals surface area contributed by atoms with Gasteiger partial charge in [-0.05, 0) is 69.9 Å². The molecule has 0 unspecified atom stereocenters. The molecule has 9 nitrogen and oxygen atoms in total. The van der Waals surface area contributed by atoms with E-state index in [0.29, 0.717) is 28.1 Å². The van der Waals surface area contributed by atoms with Crippen molar-refractivity contribution in [2.24, 2.45) is 5.73 Å². The lowest BCUT2D eigenvalue weighted by Crippen LogP contribution is -2.39. The summed E-state index contributed by atoms with van der Waals surface area (Å²) in [5.41, 5.74) is 6.03. The van der Waals surface area contributed by atoms with Gasteiger partial charge in [0.25, 0.3) is 11.8 Å². The van der Waals surface area contributed by atoms with Gasteiger partial charge in [0.1, 0.15) is 18.1 Å². The summed E-state index contributed by atoms with van der Waals surface area (Å²) < 4.78 is 14.1. The van der Waals surface area contributed by atoms with E-state index in [-0.39, 0.29) is 24.7 Å². The molecule has 0 radical (unpaired) electrons. The minimum Gasteiger partial charge on any atom is -0.490 e. The zero-order valence-electron chi connectivity index (χ0n) is 19.7. The summed E-state index contributed by atoms with van der Waals surface area (Å²) in [4.78, 5) is 24.6. The predicted molar refractivity (Wildman–Crippen MR) is 134 cm³/mol. The van der Waals surface area contributed by atoms with E-state index in [1.165, 1.54) is 6.20 Å². The van der Waals surface area contributed by atoms with Crippen molar-refractivity contribution in [1.82, 2.24) is 14.9 Å². The Kier molecular flexibility index (Phi) is 7.32. The largest absolute Gasteiger partial charge is 0.490 e. The molecule has 10 heteroatoms. The van der Waals surface area contributed by atoms with Crippen molar-refractivity contribution >= 4 is 33.3 Å². The van der Waals surface area contributed by atoms with E-state index < -0.39 is 11.5 Å². The van der Waals surface area contributed by atoms with Gasteiger partial charge < -0.3 is 25.6 Å². The Morgan fingerprint density at radius 1 is 1.20 bits per heavy atom. The molecule has 1 aliphatic carbocycles. The Labute approximate surface area is 211 Å². The minimum atomic E-state index is -0.948. The van der Waals surface area contributed by atoms with E-state index in [2.05, 4.69) is 26.3 Å². The lowest BCUT2D eigenvalue weighted by Gasteiger charge is -2.30. The highest BCUT2D eigenvalue weighted by Gasteiger charge is 2.26. The van der Waals surface area contributed by atoms with E-state index in [0.717, 1.165) is 30.2 Å². The molecule has 1 aliphatic rings. The van der Waals surface area contributed by atoms with E-state index >= 15 is 0 Å². The number of carbonyl (C=O) groups is 2. The number of aromatic nitrogens is 2. The smallest absolute Gasteiger partial charge is 0.255 e. The number of halogens is 1. The van der Waals surface area contributed by atoms with Crippen molar-refractivity contribution in [1.29, 1.82) is 0 Å². The minimum absolute atomic E-state index is 0.0183. The van der Waals surface area contributed by atoms with Gasteiger partial charge in [-0.3, -0.25) is 9.59 Å². The Balaban J connectivity index is 1.34. The molecule has 2 heterocycles. The fraction of sp³-hybridized carbons (Fsp3) is 0.400. The first-order valence-electron chi connectivity index (χ1n) is 11.5. The zero-order valence-corrected chi connectivity index (χ0v) is 21.2. The number of hydrogen-bond donors (Lipinski definition) is 3. The summed E-state index contributed by atoms with van der Waals surface area (Å²) in [7, 11) is 0. The summed E-state index contributed by atoms with van der Waals surface area (Å²) >= 11 is 3.40. The van der Waals surface area contributed by atoms with Crippen molar-refractivity contribution in [3.63, 3.8) is 0 Å². The Bertz CT molecular complexity index is 1230. The van der Waals surface area contributed by atoms with Crippen LogP contribution < -0.4 is 20.5 Å². The molecule has 1 fully saturated rings. The molecule has 0 bridgehead atoms. The van der Waals surface area contributed by atoms with Gasteiger partial charge in [0.15, 0.2) is 0 Å². The summed E-state index contributed by atoms with van der Waals surface area (Å²) in [6, 6.07) is 8.70. The number of fused-ring (bicyclic) bond motifs is 1. The van der Waals surface area contributed by atoms with Crippen LogP contribution in [-0.4, -0.2) is 50.9 Å². The zero-order chi connectivity index (χ0) is 25.2. The maximum atomic E-state index is 12.9. The number of amides is 2. The molecule has 0 spiro atoms. The third-order valence-corrected chi connectivity index (χ3v) is 6.33. The Hall–Kier alpha value is -3.11. The van der Waals surface area contributed by atoms with Crippen molar-refractivity contribution in [2.45, 2.75) is 57.3 Å². The fourth-order valence-corrected chi connectivity index (χ4v) is 4.39. The number of hydrogen-bond acceptors (Lipinski definition) is 6. The highest BCUT2D eigenvalue weighted by atomic mass is 79.9. The molecule has 1 aromatic carbocycles. The monoisotopic (exact) mass is 544 g/mol. The number of ether oxygens (including phenoxy) is 2. The molecule has 3 aromatic rings. The fourth-order valence-electron chi connectivity index (χ4n) is 4.05. The second-order valence-corrected chi connectivity index (χ2v) is 10.3. The normalized spacial score (nSPS) is 18.3. The lowest BCUT2D eigenvalue weighted by molar-refractivity contribution is 0.0283. The maximum Gasteiger partial charge on any atom is 0.255 e. The van der Waals surface area contributed by atoms with Crippen LogP contribution in [0.25, 0.3) is 5.52 Å². The van der Waals surface area contributed by atoms with E-state index in [4.69, 9.17) is 15.2 Å². The van der Waals surface area contributed by atoms with Crippen molar-refractivity contribution in [3.05, 3.63) is 58.3 Å².